The first-order valence-corrected chi connectivity index (χ1v) is 6.22. The highest BCUT2D eigenvalue weighted by Crippen LogP contribution is 2.22. The number of phenols is 1. The lowest BCUT2D eigenvalue weighted by molar-refractivity contribution is 0.144. The predicted molar refractivity (Wildman–Crippen MR) is 70.4 cm³/mol. The Hall–Kier alpha value is -1.06. The van der Waals surface area contributed by atoms with E-state index < -0.39 is 0 Å². The lowest BCUT2D eigenvalue weighted by Crippen LogP contribution is -2.16. The molecular formula is C14H23NO2. The van der Waals surface area contributed by atoms with E-state index >= 15 is 0 Å². The molecule has 2 N–H and O–H groups in total. The van der Waals surface area contributed by atoms with Gasteiger partial charge in [0.15, 0.2) is 0 Å². The molecule has 1 aromatic carbocycles. The van der Waals surface area contributed by atoms with Crippen molar-refractivity contribution < 1.29 is 9.84 Å². The van der Waals surface area contributed by atoms with Crippen LogP contribution in [0.15, 0.2) is 12.1 Å². The molecule has 0 aliphatic rings. The van der Waals surface area contributed by atoms with E-state index in [0.29, 0.717) is 5.75 Å². The molecular weight excluding hydrogens is 214 g/mol. The number of nitrogens with one attached hydrogen (secondary N) is 1. The molecule has 0 amide bonds. The Morgan fingerprint density at radius 1 is 1.24 bits per heavy atom. The second kappa shape index (κ2) is 7.30. The maximum Gasteiger partial charge on any atom is 0.121 e. The summed E-state index contributed by atoms with van der Waals surface area (Å²) < 4.78 is 5.27. The number of rotatable bonds is 7. The van der Waals surface area contributed by atoms with Crippen LogP contribution in [0.5, 0.6) is 5.75 Å². The average Bonchev–Trinajstić information content (AvgIpc) is 2.30. The third-order valence-corrected chi connectivity index (χ3v) is 2.73. The summed E-state index contributed by atoms with van der Waals surface area (Å²) in [6.07, 6.45) is 1.03. The fourth-order valence-corrected chi connectivity index (χ4v) is 1.82. The standard InChI is InChI=1S/C14H23NO2/c1-4-17-7-5-6-15-10-13-8-11(2)14(16)12(3)9-13/h8-9,15-16H,4-7,10H2,1-3H3. The zero-order chi connectivity index (χ0) is 12.7. The first-order chi connectivity index (χ1) is 8.15. The van der Waals surface area contributed by atoms with E-state index in [1.807, 2.05) is 32.9 Å². The van der Waals surface area contributed by atoms with Gasteiger partial charge in [-0.25, -0.2) is 0 Å². The molecule has 0 spiro atoms. The summed E-state index contributed by atoms with van der Waals surface area (Å²) in [4.78, 5) is 0. The number of aromatic hydroxyl groups is 1. The van der Waals surface area contributed by atoms with Gasteiger partial charge in [0, 0.05) is 19.8 Å². The van der Waals surface area contributed by atoms with Crippen molar-refractivity contribution in [2.45, 2.75) is 33.7 Å². The topological polar surface area (TPSA) is 41.5 Å². The van der Waals surface area contributed by atoms with Crippen LogP contribution in [0.25, 0.3) is 0 Å². The van der Waals surface area contributed by atoms with Gasteiger partial charge in [-0.15, -0.1) is 0 Å². The third-order valence-electron chi connectivity index (χ3n) is 2.73. The van der Waals surface area contributed by atoms with Gasteiger partial charge >= 0.3 is 0 Å². The van der Waals surface area contributed by atoms with Gasteiger partial charge < -0.3 is 15.2 Å². The van der Waals surface area contributed by atoms with E-state index in [1.54, 1.807) is 0 Å². The molecule has 0 bridgehead atoms. The monoisotopic (exact) mass is 237 g/mol. The normalized spacial score (nSPS) is 10.8. The van der Waals surface area contributed by atoms with Crippen molar-refractivity contribution in [1.29, 1.82) is 0 Å². The third kappa shape index (κ3) is 4.75. The molecule has 0 atom stereocenters. The smallest absolute Gasteiger partial charge is 0.121 e. The second-order valence-electron chi connectivity index (χ2n) is 4.31. The average molecular weight is 237 g/mol. The lowest BCUT2D eigenvalue weighted by atomic mass is 10.1. The van der Waals surface area contributed by atoms with Crippen LogP contribution < -0.4 is 5.32 Å². The minimum atomic E-state index is 0.407. The molecule has 0 aromatic heterocycles. The van der Waals surface area contributed by atoms with Crippen molar-refractivity contribution in [3.05, 3.63) is 28.8 Å². The second-order valence-corrected chi connectivity index (χ2v) is 4.31. The van der Waals surface area contributed by atoms with Crippen LogP contribution in [0.3, 0.4) is 0 Å². The number of phenolic OH excluding ortho intramolecular Hbond substituents is 1. The van der Waals surface area contributed by atoms with Gasteiger partial charge in [-0.3, -0.25) is 0 Å². The van der Waals surface area contributed by atoms with Crippen LogP contribution in [0.2, 0.25) is 0 Å². The highest BCUT2D eigenvalue weighted by atomic mass is 16.5. The molecule has 3 heteroatoms. The molecule has 0 fully saturated rings. The number of ether oxygens (including phenoxy) is 1. The fraction of sp³-hybridized carbons (Fsp3) is 0.571. The Labute approximate surface area is 104 Å². The van der Waals surface area contributed by atoms with E-state index in [1.165, 1.54) is 5.56 Å². The maximum atomic E-state index is 9.66. The highest BCUT2D eigenvalue weighted by Gasteiger charge is 2.02. The summed E-state index contributed by atoms with van der Waals surface area (Å²) in [6, 6.07) is 4.05. The first-order valence-electron chi connectivity index (χ1n) is 6.22. The van der Waals surface area contributed by atoms with Crippen LogP contribution in [-0.4, -0.2) is 24.9 Å². The summed E-state index contributed by atoms with van der Waals surface area (Å²) in [5.74, 6) is 0.407. The summed E-state index contributed by atoms with van der Waals surface area (Å²) in [6.45, 7) is 9.28. The highest BCUT2D eigenvalue weighted by molar-refractivity contribution is 5.42. The zero-order valence-electron chi connectivity index (χ0n) is 11.0. The SMILES string of the molecule is CCOCCCNCc1cc(C)c(O)c(C)c1. The lowest BCUT2D eigenvalue weighted by Gasteiger charge is -2.09. The number of hydrogen-bond acceptors (Lipinski definition) is 3. The van der Waals surface area contributed by atoms with Gasteiger partial charge in [-0.05, 0) is 50.4 Å². The predicted octanol–water partition coefficient (Wildman–Crippen LogP) is 2.53. The van der Waals surface area contributed by atoms with Crippen molar-refractivity contribution in [3.8, 4) is 5.75 Å². The van der Waals surface area contributed by atoms with Gasteiger partial charge in [0.05, 0.1) is 0 Å². The molecule has 0 unspecified atom stereocenters. The van der Waals surface area contributed by atoms with Crippen LogP contribution >= 0.6 is 0 Å². The molecule has 96 valence electrons. The quantitative estimate of drug-likeness (QED) is 0.716. The molecule has 1 rings (SSSR count). The van der Waals surface area contributed by atoms with Crippen molar-refractivity contribution in [3.63, 3.8) is 0 Å². The van der Waals surface area contributed by atoms with Crippen LogP contribution in [0.4, 0.5) is 0 Å². The zero-order valence-corrected chi connectivity index (χ0v) is 11.0. The molecule has 0 radical (unpaired) electrons. The summed E-state index contributed by atoms with van der Waals surface area (Å²) in [5.41, 5.74) is 3.10. The molecule has 0 aliphatic carbocycles. The molecule has 1 aromatic rings. The van der Waals surface area contributed by atoms with E-state index in [9.17, 15) is 5.11 Å². The van der Waals surface area contributed by atoms with Crippen LogP contribution in [0.1, 0.15) is 30.0 Å². The molecule has 3 nitrogen and oxygen atoms in total. The van der Waals surface area contributed by atoms with Gasteiger partial charge in [0.1, 0.15) is 5.75 Å². The Morgan fingerprint density at radius 3 is 2.47 bits per heavy atom. The van der Waals surface area contributed by atoms with Gasteiger partial charge in [0.2, 0.25) is 0 Å². The first kappa shape index (κ1) is 14.0. The molecule has 0 heterocycles. The minimum absolute atomic E-state index is 0.407. The molecule has 0 saturated carbocycles. The Kier molecular flexibility index (Phi) is 6.01. The maximum absolute atomic E-state index is 9.66. The van der Waals surface area contributed by atoms with Gasteiger partial charge in [0.25, 0.3) is 0 Å². The van der Waals surface area contributed by atoms with E-state index in [2.05, 4.69) is 5.32 Å². The number of aryl methyl sites for hydroxylation is 2. The Morgan fingerprint density at radius 2 is 1.88 bits per heavy atom. The Bertz CT molecular complexity index is 327. The summed E-state index contributed by atoms with van der Waals surface area (Å²) >= 11 is 0. The van der Waals surface area contributed by atoms with Crippen molar-refractivity contribution >= 4 is 0 Å². The van der Waals surface area contributed by atoms with Crippen molar-refractivity contribution in [1.82, 2.24) is 5.32 Å². The van der Waals surface area contributed by atoms with E-state index in [-0.39, 0.29) is 0 Å². The van der Waals surface area contributed by atoms with E-state index in [4.69, 9.17) is 4.74 Å². The summed E-state index contributed by atoms with van der Waals surface area (Å²) in [5, 5.41) is 13.0. The van der Waals surface area contributed by atoms with Gasteiger partial charge in [-0.1, -0.05) is 12.1 Å². The van der Waals surface area contributed by atoms with E-state index in [0.717, 1.165) is 43.9 Å². The van der Waals surface area contributed by atoms with Crippen LogP contribution in [-0.2, 0) is 11.3 Å². The van der Waals surface area contributed by atoms with Crippen molar-refractivity contribution in [2.75, 3.05) is 19.8 Å². The largest absolute Gasteiger partial charge is 0.507 e. The van der Waals surface area contributed by atoms with Gasteiger partial charge in [-0.2, -0.15) is 0 Å². The number of benzene rings is 1. The molecule has 0 aliphatic heterocycles. The summed E-state index contributed by atoms with van der Waals surface area (Å²) in [7, 11) is 0. The van der Waals surface area contributed by atoms with Crippen LogP contribution in [0, 0.1) is 13.8 Å². The van der Waals surface area contributed by atoms with Crippen molar-refractivity contribution in [2.24, 2.45) is 0 Å². The molecule has 17 heavy (non-hydrogen) atoms. The number of hydrogen-bond donors (Lipinski definition) is 2. The fourth-order valence-electron chi connectivity index (χ4n) is 1.82. The molecule has 0 saturated heterocycles. The Balaban J connectivity index is 2.32. The minimum Gasteiger partial charge on any atom is -0.507 e.